The molecule has 2 aromatic rings. The zero-order valence-corrected chi connectivity index (χ0v) is 14.9. The third-order valence-electron chi connectivity index (χ3n) is 4.46. The van der Waals surface area contributed by atoms with Gasteiger partial charge in [-0.05, 0) is 61.1 Å². The molecule has 1 aliphatic carbocycles. The third-order valence-corrected chi connectivity index (χ3v) is 4.46. The van der Waals surface area contributed by atoms with Gasteiger partial charge < -0.3 is 25.7 Å². The molecule has 3 rings (SSSR count). The van der Waals surface area contributed by atoms with Crippen LogP contribution in [0.15, 0.2) is 60.1 Å². The van der Waals surface area contributed by atoms with Crippen molar-refractivity contribution < 1.29 is 19.4 Å². The predicted octanol–water partition coefficient (Wildman–Crippen LogP) is 2.73. The van der Waals surface area contributed by atoms with Crippen molar-refractivity contribution in [1.82, 2.24) is 5.43 Å². The van der Waals surface area contributed by atoms with Crippen LogP contribution in [0.2, 0.25) is 0 Å². The summed E-state index contributed by atoms with van der Waals surface area (Å²) in [6.07, 6.45) is 4.99. The van der Waals surface area contributed by atoms with E-state index in [1.807, 2.05) is 41.8 Å². The zero-order valence-electron chi connectivity index (χ0n) is 14.9. The Balaban J connectivity index is 1.72. The van der Waals surface area contributed by atoms with Crippen LogP contribution in [0.4, 0.5) is 0 Å². The molecule has 0 aromatic heterocycles. The number of rotatable bonds is 7. The van der Waals surface area contributed by atoms with E-state index < -0.39 is 11.7 Å². The Morgan fingerprint density at radius 1 is 1.04 bits per heavy atom. The van der Waals surface area contributed by atoms with E-state index in [2.05, 4.69) is 0 Å². The van der Waals surface area contributed by atoms with Crippen molar-refractivity contribution >= 4 is 5.97 Å². The number of hydrogen-bond donors (Lipinski definition) is 4. The van der Waals surface area contributed by atoms with Gasteiger partial charge in [-0.15, -0.1) is 0 Å². The van der Waals surface area contributed by atoms with E-state index in [4.69, 9.17) is 26.2 Å². The van der Waals surface area contributed by atoms with Crippen molar-refractivity contribution in [3.63, 3.8) is 0 Å². The highest BCUT2D eigenvalue weighted by atomic mass is 16.5. The fourth-order valence-electron chi connectivity index (χ4n) is 3.08. The number of nitrogens with two attached hydrogens (primary N) is 2. The Hall–Kier alpha value is -3.19. The van der Waals surface area contributed by atoms with Gasteiger partial charge in [0, 0.05) is 0 Å². The summed E-state index contributed by atoms with van der Waals surface area (Å²) in [4.78, 5) is 11.0. The number of aliphatic carboxylic acids is 1. The minimum Gasteiger partial charge on any atom is -0.490 e. The average molecular weight is 369 g/mol. The lowest BCUT2D eigenvalue weighted by molar-refractivity contribution is -0.133. The third kappa shape index (κ3) is 4.71. The van der Waals surface area contributed by atoms with Crippen molar-refractivity contribution in [2.75, 3.05) is 0 Å². The largest absolute Gasteiger partial charge is 0.490 e. The Labute approximate surface area is 157 Å². The lowest BCUT2D eigenvalue weighted by Gasteiger charge is -2.14. The number of nitrogens with one attached hydrogen (secondary N) is 1. The quantitative estimate of drug-likeness (QED) is 0.256. The maximum atomic E-state index is 11.0. The van der Waals surface area contributed by atoms with Gasteiger partial charge in [-0.1, -0.05) is 24.3 Å². The molecule has 1 aliphatic rings. The van der Waals surface area contributed by atoms with Gasteiger partial charge in [-0.3, -0.25) is 5.84 Å². The fraction of sp³-hybridized carbons (Fsp3) is 0.250. The molecule has 0 bridgehead atoms. The maximum absolute atomic E-state index is 11.0. The Morgan fingerprint density at radius 3 is 2.37 bits per heavy atom. The van der Waals surface area contributed by atoms with Crippen LogP contribution < -0.4 is 26.5 Å². The van der Waals surface area contributed by atoms with Crippen molar-refractivity contribution in [3.8, 4) is 22.6 Å². The number of ether oxygens (including phenoxy) is 2. The van der Waals surface area contributed by atoms with Gasteiger partial charge in [0.15, 0.2) is 5.70 Å². The van der Waals surface area contributed by atoms with Crippen molar-refractivity contribution in [2.24, 2.45) is 11.6 Å². The molecule has 0 aliphatic heterocycles. The second-order valence-electron chi connectivity index (χ2n) is 6.37. The lowest BCUT2D eigenvalue weighted by Crippen LogP contribution is -2.31. The molecule has 1 saturated carbocycles. The SMILES string of the molecule is NN/C(C(=O)O)=C(\N)Oc1ccc(-c2cccc(OC3CCCC3)c2)cc1. The fourth-order valence-corrected chi connectivity index (χ4v) is 3.08. The number of carboxylic acid groups (broad SMARTS) is 1. The molecular formula is C20H23N3O4. The molecule has 6 N–H and O–H groups in total. The molecule has 0 unspecified atom stereocenters. The van der Waals surface area contributed by atoms with Crippen LogP contribution in [0.3, 0.4) is 0 Å². The predicted molar refractivity (Wildman–Crippen MR) is 102 cm³/mol. The number of hydrogen-bond acceptors (Lipinski definition) is 6. The Morgan fingerprint density at radius 2 is 1.74 bits per heavy atom. The van der Waals surface area contributed by atoms with Crippen LogP contribution in [0.1, 0.15) is 25.7 Å². The molecule has 0 amide bonds. The van der Waals surface area contributed by atoms with E-state index in [-0.39, 0.29) is 5.88 Å². The van der Waals surface area contributed by atoms with Crippen molar-refractivity contribution in [2.45, 2.75) is 31.8 Å². The second-order valence-corrected chi connectivity index (χ2v) is 6.37. The first-order valence-electron chi connectivity index (χ1n) is 8.81. The van der Waals surface area contributed by atoms with Crippen molar-refractivity contribution in [1.29, 1.82) is 0 Å². The summed E-state index contributed by atoms with van der Waals surface area (Å²) in [5.74, 6) is 4.80. The Bertz CT molecular complexity index is 827. The highest BCUT2D eigenvalue weighted by Crippen LogP contribution is 2.29. The monoisotopic (exact) mass is 369 g/mol. The van der Waals surface area contributed by atoms with Crippen molar-refractivity contribution in [3.05, 3.63) is 60.1 Å². The van der Waals surface area contributed by atoms with E-state index in [0.29, 0.717) is 11.9 Å². The van der Waals surface area contributed by atoms with E-state index >= 15 is 0 Å². The van der Waals surface area contributed by atoms with E-state index in [1.165, 1.54) is 12.8 Å². The molecular weight excluding hydrogens is 346 g/mol. The number of carboxylic acids is 1. The van der Waals surface area contributed by atoms with Crippen LogP contribution in [0.5, 0.6) is 11.5 Å². The number of benzene rings is 2. The summed E-state index contributed by atoms with van der Waals surface area (Å²) in [5, 5.41) is 8.97. The highest BCUT2D eigenvalue weighted by molar-refractivity contribution is 5.86. The molecule has 7 heteroatoms. The van der Waals surface area contributed by atoms with Gasteiger partial charge in [0.2, 0.25) is 5.88 Å². The standard InChI is InChI=1S/C20H23N3O4/c21-19(18(23-22)20(24)25)27-16-10-8-13(9-11-16)14-4-3-7-17(12-14)26-15-5-1-2-6-15/h3-4,7-12,15,23H,1-2,5-6,21-22H2,(H,24,25)/b19-18+. The van der Waals surface area contributed by atoms with E-state index in [0.717, 1.165) is 29.7 Å². The van der Waals surface area contributed by atoms with Gasteiger partial charge in [0.1, 0.15) is 11.5 Å². The van der Waals surface area contributed by atoms with Gasteiger partial charge in [-0.25, -0.2) is 4.79 Å². The molecule has 0 heterocycles. The zero-order chi connectivity index (χ0) is 19.2. The summed E-state index contributed by atoms with van der Waals surface area (Å²) in [6.45, 7) is 0. The highest BCUT2D eigenvalue weighted by Gasteiger charge is 2.16. The van der Waals surface area contributed by atoms with Gasteiger partial charge in [-0.2, -0.15) is 0 Å². The number of hydrazine groups is 1. The summed E-state index contributed by atoms with van der Waals surface area (Å²) >= 11 is 0. The molecule has 0 saturated heterocycles. The molecule has 7 nitrogen and oxygen atoms in total. The summed E-state index contributed by atoms with van der Waals surface area (Å²) in [5.41, 5.74) is 9.24. The molecule has 142 valence electrons. The van der Waals surface area contributed by atoms with Crippen LogP contribution in [0, 0.1) is 0 Å². The van der Waals surface area contributed by atoms with Gasteiger partial charge in [0.05, 0.1) is 6.10 Å². The lowest BCUT2D eigenvalue weighted by atomic mass is 10.1. The molecule has 0 spiro atoms. The topological polar surface area (TPSA) is 120 Å². The molecule has 1 fully saturated rings. The molecule has 0 atom stereocenters. The van der Waals surface area contributed by atoms with E-state index in [9.17, 15) is 4.79 Å². The smallest absolute Gasteiger partial charge is 0.358 e. The molecule has 2 aromatic carbocycles. The Kier molecular flexibility index (Phi) is 5.83. The first-order valence-corrected chi connectivity index (χ1v) is 8.81. The summed E-state index contributed by atoms with van der Waals surface area (Å²) in [6, 6.07) is 15.1. The first kappa shape index (κ1) is 18.6. The van der Waals surface area contributed by atoms with E-state index in [1.54, 1.807) is 12.1 Å². The first-order chi connectivity index (χ1) is 13.1. The maximum Gasteiger partial charge on any atom is 0.358 e. The second kappa shape index (κ2) is 8.46. The van der Waals surface area contributed by atoms with Crippen LogP contribution in [-0.2, 0) is 4.79 Å². The van der Waals surface area contributed by atoms with Crippen LogP contribution >= 0.6 is 0 Å². The molecule has 0 radical (unpaired) electrons. The van der Waals surface area contributed by atoms with Crippen LogP contribution in [-0.4, -0.2) is 17.2 Å². The minimum absolute atomic E-state index is 0.311. The summed E-state index contributed by atoms with van der Waals surface area (Å²) < 4.78 is 11.4. The van der Waals surface area contributed by atoms with Gasteiger partial charge >= 0.3 is 5.97 Å². The average Bonchev–Trinajstić information content (AvgIpc) is 3.16. The van der Waals surface area contributed by atoms with Gasteiger partial charge in [0.25, 0.3) is 0 Å². The minimum atomic E-state index is -1.30. The summed E-state index contributed by atoms with van der Waals surface area (Å²) in [7, 11) is 0. The molecule has 27 heavy (non-hydrogen) atoms. The normalized spacial score (nSPS) is 15.1. The number of carbonyl (C=O) groups is 1. The van der Waals surface area contributed by atoms with Crippen LogP contribution in [0.25, 0.3) is 11.1 Å².